The molecule has 2 aromatic rings. The van der Waals surface area contributed by atoms with Crippen molar-refractivity contribution < 1.29 is 17.9 Å². The Labute approximate surface area is 155 Å². The Morgan fingerprint density at radius 1 is 1.04 bits per heavy atom. The smallest absolute Gasteiger partial charge is 0.253 e. The van der Waals surface area contributed by atoms with Crippen molar-refractivity contribution in [2.45, 2.75) is 19.6 Å². The van der Waals surface area contributed by atoms with Crippen LogP contribution in [-0.4, -0.2) is 45.7 Å². The third-order valence-electron chi connectivity index (χ3n) is 3.87. The van der Waals surface area contributed by atoms with Gasteiger partial charge in [0.05, 0.1) is 12.3 Å². The summed E-state index contributed by atoms with van der Waals surface area (Å²) in [6.07, 6.45) is 1.19. The molecule has 140 valence electrons. The highest BCUT2D eigenvalue weighted by molar-refractivity contribution is 7.89. The summed E-state index contributed by atoms with van der Waals surface area (Å²) in [6, 6.07) is 12.7. The molecular weight excluding hydrogens is 350 g/mol. The minimum atomic E-state index is -3.08. The van der Waals surface area contributed by atoms with E-state index < -0.39 is 9.84 Å². The molecule has 2 rings (SSSR count). The molecule has 0 heterocycles. The number of amides is 1. The first-order chi connectivity index (χ1) is 12.1. The second-order valence-corrected chi connectivity index (χ2v) is 8.81. The largest absolute Gasteiger partial charge is 0.492 e. The highest BCUT2D eigenvalue weighted by atomic mass is 32.2. The van der Waals surface area contributed by atoms with Gasteiger partial charge in [-0.25, -0.2) is 8.42 Å². The molecule has 0 N–H and O–H groups in total. The molecule has 6 heteroatoms. The molecule has 5 nitrogen and oxygen atoms in total. The Kier molecular flexibility index (Phi) is 6.42. The highest BCUT2D eigenvalue weighted by Crippen LogP contribution is 2.16. The van der Waals surface area contributed by atoms with E-state index in [9.17, 15) is 13.2 Å². The topological polar surface area (TPSA) is 63.7 Å². The molecule has 0 bridgehead atoms. The summed E-state index contributed by atoms with van der Waals surface area (Å²) in [5, 5.41) is 0. The molecule has 0 saturated carbocycles. The van der Waals surface area contributed by atoms with Crippen LogP contribution in [-0.2, 0) is 15.6 Å². The monoisotopic (exact) mass is 375 g/mol. The molecule has 0 aliphatic carbocycles. The average Bonchev–Trinajstić information content (AvgIpc) is 2.52. The van der Waals surface area contributed by atoms with Gasteiger partial charge in [0.15, 0.2) is 9.84 Å². The number of benzene rings is 2. The number of hydrogen-bond acceptors (Lipinski definition) is 4. The zero-order valence-electron chi connectivity index (χ0n) is 15.7. The van der Waals surface area contributed by atoms with Crippen LogP contribution < -0.4 is 4.74 Å². The van der Waals surface area contributed by atoms with Gasteiger partial charge in [0.1, 0.15) is 12.4 Å². The van der Waals surface area contributed by atoms with Gasteiger partial charge in [-0.1, -0.05) is 18.2 Å². The maximum absolute atomic E-state index is 12.4. The summed E-state index contributed by atoms with van der Waals surface area (Å²) in [4.78, 5) is 14.0. The number of carbonyl (C=O) groups excluding carboxylic acids is 1. The van der Waals surface area contributed by atoms with E-state index in [1.807, 2.05) is 26.0 Å². The van der Waals surface area contributed by atoms with Crippen LogP contribution in [0.25, 0.3) is 0 Å². The number of hydrogen-bond donors (Lipinski definition) is 0. The van der Waals surface area contributed by atoms with E-state index in [4.69, 9.17) is 4.74 Å². The van der Waals surface area contributed by atoms with Crippen molar-refractivity contribution in [3.63, 3.8) is 0 Å². The SMILES string of the molecule is Cc1cc(C)cc(OCCN(C)C(=O)c2ccc(CS(C)(=O)=O)cc2)c1. The molecule has 0 radical (unpaired) electrons. The molecule has 0 aliphatic rings. The second kappa shape index (κ2) is 8.36. The Balaban J connectivity index is 1.90. The predicted octanol–water partition coefficient (Wildman–Crippen LogP) is 3.00. The van der Waals surface area contributed by atoms with Crippen LogP contribution in [0.1, 0.15) is 27.0 Å². The van der Waals surface area contributed by atoms with Gasteiger partial charge in [0, 0.05) is 18.9 Å². The Hall–Kier alpha value is -2.34. The van der Waals surface area contributed by atoms with Crippen molar-refractivity contribution in [2.75, 3.05) is 26.5 Å². The first-order valence-corrected chi connectivity index (χ1v) is 10.4. The van der Waals surface area contributed by atoms with Crippen molar-refractivity contribution in [1.29, 1.82) is 0 Å². The van der Waals surface area contributed by atoms with E-state index in [2.05, 4.69) is 6.07 Å². The molecule has 0 fully saturated rings. The molecule has 26 heavy (non-hydrogen) atoms. The Morgan fingerprint density at radius 3 is 2.15 bits per heavy atom. The van der Waals surface area contributed by atoms with Gasteiger partial charge < -0.3 is 9.64 Å². The zero-order chi connectivity index (χ0) is 19.3. The van der Waals surface area contributed by atoms with Crippen LogP contribution in [0.3, 0.4) is 0 Å². The van der Waals surface area contributed by atoms with Crippen molar-refractivity contribution in [1.82, 2.24) is 4.90 Å². The van der Waals surface area contributed by atoms with Crippen LogP contribution >= 0.6 is 0 Å². The quantitative estimate of drug-likeness (QED) is 0.746. The fourth-order valence-electron chi connectivity index (χ4n) is 2.68. The summed E-state index contributed by atoms with van der Waals surface area (Å²) in [5.74, 6) is 0.648. The van der Waals surface area contributed by atoms with E-state index in [-0.39, 0.29) is 11.7 Å². The molecule has 1 amide bonds. The summed E-state index contributed by atoms with van der Waals surface area (Å²) < 4.78 is 28.4. The van der Waals surface area contributed by atoms with Crippen LogP contribution in [0.4, 0.5) is 0 Å². The van der Waals surface area contributed by atoms with Crippen molar-refractivity contribution in [2.24, 2.45) is 0 Å². The average molecular weight is 375 g/mol. The zero-order valence-corrected chi connectivity index (χ0v) is 16.5. The lowest BCUT2D eigenvalue weighted by Crippen LogP contribution is -2.30. The fourth-order valence-corrected chi connectivity index (χ4v) is 3.48. The number of carbonyl (C=O) groups is 1. The van der Waals surface area contributed by atoms with Crippen LogP contribution in [0.15, 0.2) is 42.5 Å². The summed E-state index contributed by atoms with van der Waals surface area (Å²) in [6.45, 7) is 4.89. The third-order valence-corrected chi connectivity index (χ3v) is 4.72. The van der Waals surface area contributed by atoms with Crippen molar-refractivity contribution in [3.05, 3.63) is 64.7 Å². The molecule has 2 aromatic carbocycles. The van der Waals surface area contributed by atoms with E-state index in [0.29, 0.717) is 24.3 Å². The van der Waals surface area contributed by atoms with Crippen LogP contribution in [0, 0.1) is 13.8 Å². The van der Waals surface area contributed by atoms with Gasteiger partial charge in [-0.2, -0.15) is 0 Å². The maximum Gasteiger partial charge on any atom is 0.253 e. The maximum atomic E-state index is 12.4. The molecule has 0 aromatic heterocycles. The lowest BCUT2D eigenvalue weighted by Gasteiger charge is -2.18. The molecule has 0 atom stereocenters. The number of sulfone groups is 1. The molecule has 0 spiro atoms. The predicted molar refractivity (Wildman–Crippen MR) is 103 cm³/mol. The second-order valence-electron chi connectivity index (χ2n) is 6.67. The lowest BCUT2D eigenvalue weighted by atomic mass is 10.1. The third kappa shape index (κ3) is 6.19. The van der Waals surface area contributed by atoms with Gasteiger partial charge in [-0.3, -0.25) is 4.79 Å². The first kappa shape index (κ1) is 20.0. The minimum Gasteiger partial charge on any atom is -0.492 e. The van der Waals surface area contributed by atoms with Gasteiger partial charge in [0.2, 0.25) is 0 Å². The van der Waals surface area contributed by atoms with Crippen LogP contribution in [0.5, 0.6) is 5.75 Å². The van der Waals surface area contributed by atoms with Gasteiger partial charge >= 0.3 is 0 Å². The Bertz CT molecular complexity index is 853. The van der Waals surface area contributed by atoms with E-state index in [1.54, 1.807) is 36.2 Å². The lowest BCUT2D eigenvalue weighted by molar-refractivity contribution is 0.0773. The molecule has 0 saturated heterocycles. The number of ether oxygens (including phenoxy) is 1. The minimum absolute atomic E-state index is 0.0267. The Morgan fingerprint density at radius 2 is 1.62 bits per heavy atom. The molecular formula is C20H25NO4S. The van der Waals surface area contributed by atoms with Crippen LogP contribution in [0.2, 0.25) is 0 Å². The standard InChI is InChI=1S/C20H25NO4S/c1-15-11-16(2)13-19(12-15)25-10-9-21(3)20(22)18-7-5-17(6-8-18)14-26(4,23)24/h5-8,11-13H,9-10,14H2,1-4H3. The fraction of sp³-hybridized carbons (Fsp3) is 0.350. The van der Waals surface area contributed by atoms with E-state index in [1.165, 1.54) is 6.26 Å². The summed E-state index contributed by atoms with van der Waals surface area (Å²) >= 11 is 0. The van der Waals surface area contributed by atoms with Crippen molar-refractivity contribution in [3.8, 4) is 5.75 Å². The molecule has 0 unspecified atom stereocenters. The van der Waals surface area contributed by atoms with E-state index >= 15 is 0 Å². The summed E-state index contributed by atoms with van der Waals surface area (Å²) in [7, 11) is -1.36. The number of rotatable bonds is 7. The van der Waals surface area contributed by atoms with Crippen molar-refractivity contribution >= 4 is 15.7 Å². The van der Waals surface area contributed by atoms with Gasteiger partial charge in [-0.15, -0.1) is 0 Å². The normalized spacial score (nSPS) is 11.2. The number of aryl methyl sites for hydroxylation is 2. The first-order valence-electron chi connectivity index (χ1n) is 8.37. The van der Waals surface area contributed by atoms with Gasteiger partial charge in [-0.05, 0) is 54.8 Å². The van der Waals surface area contributed by atoms with Gasteiger partial charge in [0.25, 0.3) is 5.91 Å². The number of nitrogens with zero attached hydrogens (tertiary/aromatic N) is 1. The highest BCUT2D eigenvalue weighted by Gasteiger charge is 2.12. The van der Waals surface area contributed by atoms with E-state index in [0.717, 1.165) is 16.9 Å². The molecule has 0 aliphatic heterocycles. The summed E-state index contributed by atoms with van der Waals surface area (Å²) in [5.41, 5.74) is 3.47. The number of likely N-dealkylation sites (N-methyl/N-ethyl adjacent to an activating group) is 1.